The fourth-order valence-electron chi connectivity index (χ4n) is 1.61. The minimum Gasteiger partial charge on any atom is -0.382 e. The van der Waals surface area contributed by atoms with Crippen molar-refractivity contribution in [2.24, 2.45) is 0 Å². The number of rotatable bonds is 6. The highest BCUT2D eigenvalue weighted by atomic mass is 35.5. The van der Waals surface area contributed by atoms with Gasteiger partial charge in [-0.05, 0) is 18.7 Å². The molecule has 8 heteroatoms. The van der Waals surface area contributed by atoms with Crippen LogP contribution >= 0.6 is 23.4 Å². The van der Waals surface area contributed by atoms with Gasteiger partial charge in [0.15, 0.2) is 0 Å². The Balaban J connectivity index is 3.11. The van der Waals surface area contributed by atoms with Crippen molar-refractivity contribution in [1.29, 1.82) is 0 Å². The minimum absolute atomic E-state index is 0.0590. The molecule has 0 aromatic carbocycles. The Morgan fingerprint density at radius 1 is 1.58 bits per heavy atom. The highest BCUT2D eigenvalue weighted by Crippen LogP contribution is 2.24. The van der Waals surface area contributed by atoms with E-state index in [9.17, 15) is 8.42 Å². The fourth-order valence-corrected chi connectivity index (χ4v) is 4.18. The molecule has 0 saturated heterocycles. The van der Waals surface area contributed by atoms with Crippen LogP contribution in [-0.4, -0.2) is 42.8 Å². The van der Waals surface area contributed by atoms with Gasteiger partial charge in [-0.2, -0.15) is 16.1 Å². The predicted octanol–water partition coefficient (Wildman–Crippen LogP) is 2.08. The summed E-state index contributed by atoms with van der Waals surface area (Å²) in [5.41, 5.74) is 5.49. The molecular weight excluding hydrogens is 306 g/mol. The largest absolute Gasteiger partial charge is 0.382 e. The Morgan fingerprint density at radius 2 is 2.21 bits per heavy atom. The Morgan fingerprint density at radius 3 is 2.68 bits per heavy atom. The van der Waals surface area contributed by atoms with E-state index in [0.717, 1.165) is 12.2 Å². The van der Waals surface area contributed by atoms with Crippen LogP contribution in [0.15, 0.2) is 17.2 Å². The maximum Gasteiger partial charge on any atom is 0.244 e. The van der Waals surface area contributed by atoms with Crippen LogP contribution in [0.1, 0.15) is 13.3 Å². The molecule has 0 aliphatic rings. The number of nitrogens with two attached hydrogens (primary N) is 1. The first-order chi connectivity index (χ1) is 8.84. The van der Waals surface area contributed by atoms with Crippen LogP contribution in [0, 0.1) is 0 Å². The van der Waals surface area contributed by atoms with Gasteiger partial charge in [0.05, 0.1) is 5.02 Å². The molecule has 0 aliphatic carbocycles. The summed E-state index contributed by atoms with van der Waals surface area (Å²) in [6.07, 6.45) is 3.93. The van der Waals surface area contributed by atoms with Gasteiger partial charge in [0, 0.05) is 25.0 Å². The molecule has 2 N–H and O–H groups in total. The standard InChI is InChI=1S/C11H18ClN3O2S2/c1-4-8(7-18-3)15(2)19(16,17)9-5-10(12)11(13)14-6-9/h5-6,8H,4,7H2,1-3H3,(H2,13,14). The third-order valence-corrected chi connectivity index (χ3v) is 5.76. The summed E-state index contributed by atoms with van der Waals surface area (Å²) < 4.78 is 26.3. The maximum atomic E-state index is 12.4. The van der Waals surface area contributed by atoms with Crippen molar-refractivity contribution in [3.8, 4) is 0 Å². The molecule has 0 spiro atoms. The zero-order chi connectivity index (χ0) is 14.6. The third-order valence-electron chi connectivity index (χ3n) is 2.87. The van der Waals surface area contributed by atoms with Gasteiger partial charge in [0.1, 0.15) is 10.7 Å². The van der Waals surface area contributed by atoms with E-state index in [2.05, 4.69) is 4.98 Å². The molecule has 1 aromatic rings. The van der Waals surface area contributed by atoms with E-state index in [1.54, 1.807) is 18.8 Å². The summed E-state index contributed by atoms with van der Waals surface area (Å²) >= 11 is 7.44. The lowest BCUT2D eigenvalue weighted by molar-refractivity contribution is 0.385. The van der Waals surface area contributed by atoms with E-state index in [1.165, 1.54) is 16.6 Å². The minimum atomic E-state index is -3.59. The topological polar surface area (TPSA) is 76.3 Å². The summed E-state index contributed by atoms with van der Waals surface area (Å²) in [5.74, 6) is 0.863. The number of aromatic nitrogens is 1. The molecule has 0 saturated carbocycles. The number of pyridine rings is 1. The van der Waals surface area contributed by atoms with Crippen LogP contribution in [0.4, 0.5) is 5.82 Å². The molecule has 0 aliphatic heterocycles. The quantitative estimate of drug-likeness (QED) is 0.867. The lowest BCUT2D eigenvalue weighted by Crippen LogP contribution is -2.38. The molecule has 0 bridgehead atoms. The Kier molecular flexibility index (Phi) is 5.91. The first-order valence-corrected chi connectivity index (χ1v) is 8.93. The van der Waals surface area contributed by atoms with Gasteiger partial charge >= 0.3 is 0 Å². The third kappa shape index (κ3) is 3.75. The molecule has 0 amide bonds. The number of halogens is 1. The van der Waals surface area contributed by atoms with Crippen molar-refractivity contribution in [1.82, 2.24) is 9.29 Å². The molecule has 0 fully saturated rings. The predicted molar refractivity (Wildman–Crippen MR) is 81.1 cm³/mol. The molecule has 0 radical (unpaired) electrons. The highest BCUT2D eigenvalue weighted by Gasteiger charge is 2.27. The van der Waals surface area contributed by atoms with Gasteiger partial charge in [-0.1, -0.05) is 18.5 Å². The average Bonchev–Trinajstić information content (AvgIpc) is 2.38. The molecule has 19 heavy (non-hydrogen) atoms. The monoisotopic (exact) mass is 323 g/mol. The Bertz CT molecular complexity index is 537. The summed E-state index contributed by atoms with van der Waals surface area (Å²) in [7, 11) is -2.02. The number of thioether (sulfide) groups is 1. The Hall–Kier alpha value is -0.500. The number of hydrogen-bond acceptors (Lipinski definition) is 5. The SMILES string of the molecule is CCC(CSC)N(C)S(=O)(=O)c1cnc(N)c(Cl)c1. The van der Waals surface area contributed by atoms with Gasteiger partial charge in [0.2, 0.25) is 10.0 Å². The lowest BCUT2D eigenvalue weighted by Gasteiger charge is -2.25. The first-order valence-electron chi connectivity index (χ1n) is 5.72. The summed E-state index contributed by atoms with van der Waals surface area (Å²) in [5, 5.41) is 0.146. The van der Waals surface area contributed by atoms with Gasteiger partial charge in [-0.25, -0.2) is 13.4 Å². The lowest BCUT2D eigenvalue weighted by atomic mass is 10.3. The highest BCUT2D eigenvalue weighted by molar-refractivity contribution is 7.98. The van der Waals surface area contributed by atoms with Crippen molar-refractivity contribution in [3.63, 3.8) is 0 Å². The Labute approximate surface area is 123 Å². The zero-order valence-corrected chi connectivity index (χ0v) is 13.5. The van der Waals surface area contributed by atoms with E-state index >= 15 is 0 Å². The summed E-state index contributed by atoms with van der Waals surface area (Å²) in [4.78, 5) is 3.86. The summed E-state index contributed by atoms with van der Waals surface area (Å²) in [6, 6.07) is 1.28. The average molecular weight is 324 g/mol. The smallest absolute Gasteiger partial charge is 0.244 e. The first kappa shape index (κ1) is 16.6. The number of hydrogen-bond donors (Lipinski definition) is 1. The molecule has 1 aromatic heterocycles. The molecular formula is C11H18ClN3O2S2. The van der Waals surface area contributed by atoms with Crippen LogP contribution in [0.5, 0.6) is 0 Å². The van der Waals surface area contributed by atoms with Gasteiger partial charge < -0.3 is 5.73 Å². The van der Waals surface area contributed by atoms with Crippen LogP contribution in [0.3, 0.4) is 0 Å². The molecule has 5 nitrogen and oxygen atoms in total. The second kappa shape index (κ2) is 6.78. The van der Waals surface area contributed by atoms with Crippen molar-refractivity contribution < 1.29 is 8.42 Å². The van der Waals surface area contributed by atoms with Crippen LogP contribution < -0.4 is 5.73 Å². The van der Waals surface area contributed by atoms with E-state index in [1.807, 2.05) is 13.2 Å². The van der Waals surface area contributed by atoms with Crippen molar-refractivity contribution >= 4 is 39.2 Å². The van der Waals surface area contributed by atoms with Crippen LogP contribution in [0.2, 0.25) is 5.02 Å². The fraction of sp³-hybridized carbons (Fsp3) is 0.545. The van der Waals surface area contributed by atoms with Gasteiger partial charge in [0.25, 0.3) is 0 Å². The van der Waals surface area contributed by atoms with Crippen molar-refractivity contribution in [3.05, 3.63) is 17.3 Å². The van der Waals surface area contributed by atoms with E-state index < -0.39 is 10.0 Å². The molecule has 1 atom stereocenters. The van der Waals surface area contributed by atoms with E-state index in [4.69, 9.17) is 17.3 Å². The normalized spacial score (nSPS) is 13.7. The maximum absolute atomic E-state index is 12.4. The zero-order valence-electron chi connectivity index (χ0n) is 11.1. The number of nitrogens with zero attached hydrogens (tertiary/aromatic N) is 2. The van der Waals surface area contributed by atoms with E-state index in [-0.39, 0.29) is 21.8 Å². The molecule has 1 unspecified atom stereocenters. The summed E-state index contributed by atoms with van der Waals surface area (Å²) in [6.45, 7) is 1.96. The van der Waals surface area contributed by atoms with Gasteiger partial charge in [-0.3, -0.25) is 0 Å². The number of nitrogen functional groups attached to an aromatic ring is 1. The van der Waals surface area contributed by atoms with Crippen molar-refractivity contribution in [2.75, 3.05) is 24.8 Å². The van der Waals surface area contributed by atoms with Gasteiger partial charge in [-0.15, -0.1) is 0 Å². The molecule has 1 rings (SSSR count). The molecule has 1 heterocycles. The second-order valence-corrected chi connectivity index (χ2v) is 7.39. The number of anilines is 1. The second-order valence-electron chi connectivity index (χ2n) is 4.08. The van der Waals surface area contributed by atoms with Crippen LogP contribution in [-0.2, 0) is 10.0 Å². The van der Waals surface area contributed by atoms with Crippen LogP contribution in [0.25, 0.3) is 0 Å². The van der Waals surface area contributed by atoms with E-state index in [0.29, 0.717) is 0 Å². The van der Waals surface area contributed by atoms with Crippen molar-refractivity contribution in [2.45, 2.75) is 24.3 Å². The number of sulfonamides is 1. The molecule has 108 valence electrons.